The van der Waals surface area contributed by atoms with E-state index in [9.17, 15) is 13.2 Å². The minimum atomic E-state index is -3.84. The highest BCUT2D eigenvalue weighted by molar-refractivity contribution is 7.89. The van der Waals surface area contributed by atoms with Crippen molar-refractivity contribution < 1.29 is 22.5 Å². The van der Waals surface area contributed by atoms with Crippen LogP contribution in [-0.2, 0) is 27.9 Å². The second-order valence-electron chi connectivity index (χ2n) is 9.31. The number of ether oxygens (including phenoxy) is 1. The number of benzene rings is 2. The number of anilines is 1. The number of sulfonamides is 1. The van der Waals surface area contributed by atoms with Crippen molar-refractivity contribution in [3.63, 3.8) is 0 Å². The van der Waals surface area contributed by atoms with Gasteiger partial charge in [-0.05, 0) is 50.8 Å². The van der Waals surface area contributed by atoms with Crippen molar-refractivity contribution in [2.75, 3.05) is 11.5 Å². The number of aryl methyl sites for hydroxylation is 1. The van der Waals surface area contributed by atoms with Gasteiger partial charge >= 0.3 is 0 Å². The first-order chi connectivity index (χ1) is 16.7. The Morgan fingerprint density at radius 1 is 1.17 bits per heavy atom. The molecule has 0 atom stereocenters. The predicted molar refractivity (Wildman–Crippen MR) is 128 cm³/mol. The fraction of sp³-hybridized carbons (Fsp3) is 0.400. The molecular weight excluding hydrogens is 468 g/mol. The van der Waals surface area contributed by atoms with Crippen molar-refractivity contribution in [1.82, 2.24) is 14.4 Å². The first-order valence-corrected chi connectivity index (χ1v) is 13.1. The topological polar surface area (TPSA) is 106 Å². The molecule has 3 aromatic rings. The van der Waals surface area contributed by atoms with Crippen LogP contribution < -0.4 is 9.64 Å². The molecule has 2 aliphatic rings. The van der Waals surface area contributed by atoms with Gasteiger partial charge in [0.15, 0.2) is 12.4 Å². The lowest BCUT2D eigenvalue weighted by Gasteiger charge is -2.31. The second-order valence-corrected chi connectivity index (χ2v) is 11.2. The minimum Gasteiger partial charge on any atom is -0.482 e. The molecule has 1 saturated carbocycles. The van der Waals surface area contributed by atoms with Crippen LogP contribution in [0.3, 0.4) is 0 Å². The van der Waals surface area contributed by atoms with E-state index < -0.39 is 10.0 Å². The zero-order valence-electron chi connectivity index (χ0n) is 20.0. The van der Waals surface area contributed by atoms with Crippen LogP contribution in [0.1, 0.15) is 55.4 Å². The molecule has 0 N–H and O–H groups in total. The van der Waals surface area contributed by atoms with Gasteiger partial charge in [0.1, 0.15) is 5.75 Å². The summed E-state index contributed by atoms with van der Waals surface area (Å²) in [6.45, 7) is 5.62. The maximum atomic E-state index is 13.8. The quantitative estimate of drug-likeness (QED) is 0.467. The lowest BCUT2D eigenvalue weighted by Crippen LogP contribution is -2.39. The van der Waals surface area contributed by atoms with Crippen LogP contribution in [0.4, 0.5) is 5.69 Å². The maximum Gasteiger partial charge on any atom is 0.265 e. The largest absolute Gasteiger partial charge is 0.482 e. The third-order valence-corrected chi connectivity index (χ3v) is 8.42. The van der Waals surface area contributed by atoms with Crippen LogP contribution in [0, 0.1) is 6.92 Å². The molecule has 1 aliphatic carbocycles. The van der Waals surface area contributed by atoms with Gasteiger partial charge in [0, 0.05) is 24.6 Å². The fourth-order valence-electron chi connectivity index (χ4n) is 4.19. The summed E-state index contributed by atoms with van der Waals surface area (Å²) in [7, 11) is -3.84. The van der Waals surface area contributed by atoms with E-state index in [1.165, 1.54) is 15.3 Å². The van der Waals surface area contributed by atoms with Crippen molar-refractivity contribution in [3.05, 3.63) is 65.3 Å². The number of amides is 1. The van der Waals surface area contributed by atoms with E-state index in [0.29, 0.717) is 34.6 Å². The minimum absolute atomic E-state index is 0.128. The van der Waals surface area contributed by atoms with Crippen LogP contribution in [0.2, 0.25) is 0 Å². The first kappa shape index (κ1) is 23.5. The van der Waals surface area contributed by atoms with Crippen molar-refractivity contribution in [2.24, 2.45) is 0 Å². The Hall–Kier alpha value is -3.24. The third-order valence-electron chi connectivity index (χ3n) is 6.25. The number of carbonyl (C=O) groups excluding carboxylic acids is 1. The van der Waals surface area contributed by atoms with E-state index >= 15 is 0 Å². The van der Waals surface area contributed by atoms with Gasteiger partial charge in [-0.3, -0.25) is 9.69 Å². The Bertz CT molecular complexity index is 1350. The van der Waals surface area contributed by atoms with Gasteiger partial charge in [0.25, 0.3) is 5.91 Å². The summed E-state index contributed by atoms with van der Waals surface area (Å²) in [6.07, 6.45) is 2.07. The maximum absolute atomic E-state index is 13.8. The summed E-state index contributed by atoms with van der Waals surface area (Å²) in [6, 6.07) is 12.4. The predicted octanol–water partition coefficient (Wildman–Crippen LogP) is 3.78. The lowest BCUT2D eigenvalue weighted by molar-refractivity contribution is -0.121. The van der Waals surface area contributed by atoms with Gasteiger partial charge in [-0.2, -0.15) is 9.29 Å². The highest BCUT2D eigenvalue weighted by atomic mass is 32.2. The van der Waals surface area contributed by atoms with Gasteiger partial charge in [0.2, 0.25) is 15.9 Å². The van der Waals surface area contributed by atoms with Crippen LogP contribution in [0.15, 0.2) is 51.9 Å². The fourth-order valence-corrected chi connectivity index (χ4v) is 6.04. The molecule has 0 radical (unpaired) electrons. The summed E-state index contributed by atoms with van der Waals surface area (Å²) < 4.78 is 40.0. The molecule has 1 amide bonds. The Balaban J connectivity index is 1.46. The summed E-state index contributed by atoms with van der Waals surface area (Å²) in [5.41, 5.74) is 1.92. The van der Waals surface area contributed by atoms with Gasteiger partial charge in [0.05, 0.1) is 17.1 Å². The monoisotopic (exact) mass is 496 g/mol. The van der Waals surface area contributed by atoms with Crippen LogP contribution in [0.5, 0.6) is 5.75 Å². The van der Waals surface area contributed by atoms with E-state index in [-0.39, 0.29) is 36.5 Å². The standard InChI is InChI=1S/C25H28N4O5S/c1-16(2)29(13-18-7-5-4-6-8-18)35(31,32)22-12-21-20(11-17(22)3)28(24(30)15-33-21)14-23-26-25(34-27-23)19-9-10-19/h4-8,11-12,16,19H,9-10,13-15H2,1-3H3. The molecule has 184 valence electrons. The van der Waals surface area contributed by atoms with E-state index in [1.54, 1.807) is 13.0 Å². The number of rotatable bonds is 8. The number of aromatic nitrogens is 2. The molecule has 2 aromatic carbocycles. The molecule has 0 spiro atoms. The van der Waals surface area contributed by atoms with Gasteiger partial charge < -0.3 is 9.26 Å². The van der Waals surface area contributed by atoms with Crippen molar-refractivity contribution in [1.29, 1.82) is 0 Å². The molecule has 5 rings (SSSR count). The normalized spacial score (nSPS) is 16.0. The van der Waals surface area contributed by atoms with E-state index in [0.717, 1.165) is 18.4 Å². The van der Waals surface area contributed by atoms with Gasteiger partial charge in [-0.15, -0.1) is 0 Å². The van der Waals surface area contributed by atoms with E-state index in [1.807, 2.05) is 44.2 Å². The molecule has 0 saturated heterocycles. The Morgan fingerprint density at radius 2 is 1.91 bits per heavy atom. The molecule has 10 heteroatoms. The second kappa shape index (κ2) is 9.09. The number of hydrogen-bond acceptors (Lipinski definition) is 7. The average Bonchev–Trinajstić information content (AvgIpc) is 3.58. The number of hydrogen-bond donors (Lipinski definition) is 0. The smallest absolute Gasteiger partial charge is 0.265 e. The molecule has 1 fully saturated rings. The lowest BCUT2D eigenvalue weighted by atomic mass is 10.1. The van der Waals surface area contributed by atoms with Crippen LogP contribution >= 0.6 is 0 Å². The first-order valence-electron chi connectivity index (χ1n) is 11.7. The van der Waals surface area contributed by atoms with Crippen molar-refractivity contribution in [3.8, 4) is 5.75 Å². The number of nitrogens with zero attached hydrogens (tertiary/aromatic N) is 4. The van der Waals surface area contributed by atoms with Crippen molar-refractivity contribution in [2.45, 2.75) is 63.6 Å². The summed E-state index contributed by atoms with van der Waals surface area (Å²) in [5, 5.41) is 4.02. The zero-order valence-corrected chi connectivity index (χ0v) is 20.8. The molecule has 0 unspecified atom stereocenters. The molecule has 0 bridgehead atoms. The molecular formula is C25H28N4O5S. The molecule has 2 heterocycles. The van der Waals surface area contributed by atoms with Crippen molar-refractivity contribution >= 4 is 21.6 Å². The Labute approximate surface area is 204 Å². The zero-order chi connectivity index (χ0) is 24.7. The molecule has 35 heavy (non-hydrogen) atoms. The van der Waals surface area contributed by atoms with Crippen LogP contribution in [-0.4, -0.2) is 41.4 Å². The van der Waals surface area contributed by atoms with Gasteiger partial charge in [-0.25, -0.2) is 8.42 Å². The van der Waals surface area contributed by atoms with Crippen LogP contribution in [0.25, 0.3) is 0 Å². The highest BCUT2D eigenvalue weighted by Gasteiger charge is 2.34. The highest BCUT2D eigenvalue weighted by Crippen LogP contribution is 2.40. The van der Waals surface area contributed by atoms with E-state index in [2.05, 4.69) is 10.1 Å². The summed E-state index contributed by atoms with van der Waals surface area (Å²) in [4.78, 5) is 18.8. The Kier molecular flexibility index (Phi) is 6.10. The number of fused-ring (bicyclic) bond motifs is 1. The SMILES string of the molecule is Cc1cc2c(cc1S(=O)(=O)N(Cc1ccccc1)C(C)C)OCC(=O)N2Cc1noc(C2CC2)n1. The molecule has 1 aromatic heterocycles. The van der Waals surface area contributed by atoms with Gasteiger partial charge in [-0.1, -0.05) is 35.5 Å². The summed E-state index contributed by atoms with van der Waals surface area (Å²) >= 11 is 0. The molecule has 1 aliphatic heterocycles. The summed E-state index contributed by atoms with van der Waals surface area (Å²) in [5.74, 6) is 1.42. The number of carbonyl (C=O) groups is 1. The van der Waals surface area contributed by atoms with E-state index in [4.69, 9.17) is 9.26 Å². The Morgan fingerprint density at radius 3 is 2.60 bits per heavy atom. The molecule has 9 nitrogen and oxygen atoms in total. The third kappa shape index (κ3) is 4.68. The average molecular weight is 497 g/mol.